The third kappa shape index (κ3) is 3.49. The number of carbonyl (C=O) groups is 1. The molecule has 1 heterocycles. The Bertz CT molecular complexity index is 762. The molecule has 0 spiro atoms. The molecule has 1 saturated carbocycles. The van der Waals surface area contributed by atoms with Crippen LogP contribution in [0, 0.1) is 11.8 Å². The van der Waals surface area contributed by atoms with Crippen LogP contribution in [0.25, 0.3) is 10.8 Å². The number of fused-ring (bicyclic) bond motifs is 1. The first-order valence-corrected chi connectivity index (χ1v) is 9.94. The molecule has 2 fully saturated rings. The van der Waals surface area contributed by atoms with E-state index in [1.54, 1.807) is 0 Å². The zero-order chi connectivity index (χ0) is 17.9. The number of nitrogens with two attached hydrogens (primary N) is 1. The van der Waals surface area contributed by atoms with Gasteiger partial charge in [-0.3, -0.25) is 9.69 Å². The second-order valence-electron chi connectivity index (χ2n) is 7.77. The van der Waals surface area contributed by atoms with E-state index in [1.165, 1.54) is 16.3 Å². The van der Waals surface area contributed by atoms with Crippen LogP contribution in [0.3, 0.4) is 0 Å². The van der Waals surface area contributed by atoms with Gasteiger partial charge in [-0.05, 0) is 41.6 Å². The number of hydrogen-bond donors (Lipinski definition) is 1. The van der Waals surface area contributed by atoms with E-state index in [4.69, 9.17) is 5.73 Å². The van der Waals surface area contributed by atoms with Crippen LogP contribution in [0.1, 0.15) is 24.8 Å². The van der Waals surface area contributed by atoms with Crippen molar-refractivity contribution in [1.82, 2.24) is 9.80 Å². The van der Waals surface area contributed by atoms with Crippen LogP contribution >= 0.6 is 0 Å². The summed E-state index contributed by atoms with van der Waals surface area (Å²) in [7, 11) is 0. The maximum atomic E-state index is 12.9. The quantitative estimate of drug-likeness (QED) is 0.921. The third-order valence-electron chi connectivity index (χ3n) is 6.24. The lowest BCUT2D eigenvalue weighted by atomic mass is 9.94. The number of carbonyl (C=O) groups excluding carboxylic acids is 1. The lowest BCUT2D eigenvalue weighted by Gasteiger charge is -2.37. The lowest BCUT2D eigenvalue weighted by molar-refractivity contribution is -0.138. The molecule has 138 valence electrons. The zero-order valence-corrected chi connectivity index (χ0v) is 15.4. The van der Waals surface area contributed by atoms with Gasteiger partial charge in [0.1, 0.15) is 0 Å². The van der Waals surface area contributed by atoms with Crippen molar-refractivity contribution in [2.24, 2.45) is 17.6 Å². The molecule has 0 bridgehead atoms. The molecule has 4 nitrogen and oxygen atoms in total. The lowest BCUT2D eigenvalue weighted by Crippen LogP contribution is -2.50. The molecule has 2 N–H and O–H groups in total. The summed E-state index contributed by atoms with van der Waals surface area (Å²) >= 11 is 0. The fraction of sp³-hybridized carbons (Fsp3) is 0.500. The molecule has 0 aromatic heterocycles. The average Bonchev–Trinajstić information content (AvgIpc) is 3.17. The molecule has 1 aliphatic carbocycles. The first-order valence-electron chi connectivity index (χ1n) is 9.94. The largest absolute Gasteiger partial charge is 0.340 e. The highest BCUT2D eigenvalue weighted by Crippen LogP contribution is 2.32. The maximum Gasteiger partial charge on any atom is 0.226 e. The van der Waals surface area contributed by atoms with Crippen LogP contribution in [-0.2, 0) is 11.3 Å². The van der Waals surface area contributed by atoms with Crippen LogP contribution in [0.15, 0.2) is 42.5 Å². The summed E-state index contributed by atoms with van der Waals surface area (Å²) in [6, 6.07) is 15.1. The second-order valence-corrected chi connectivity index (χ2v) is 7.77. The summed E-state index contributed by atoms with van der Waals surface area (Å²) in [5.74, 6) is 0.920. The Labute approximate surface area is 156 Å². The SMILES string of the molecule is NC[C@H]1CCC[C@H]1C(=O)N1CCN(Cc2cccc3ccccc23)CC1. The van der Waals surface area contributed by atoms with Crippen LogP contribution in [-0.4, -0.2) is 48.4 Å². The van der Waals surface area contributed by atoms with E-state index in [0.717, 1.165) is 52.0 Å². The van der Waals surface area contributed by atoms with Crippen molar-refractivity contribution < 1.29 is 4.79 Å². The van der Waals surface area contributed by atoms with Gasteiger partial charge in [0.15, 0.2) is 0 Å². The molecule has 1 amide bonds. The molecule has 2 aliphatic rings. The fourth-order valence-corrected chi connectivity index (χ4v) is 4.68. The minimum absolute atomic E-state index is 0.171. The molecule has 4 heteroatoms. The van der Waals surface area contributed by atoms with Crippen LogP contribution in [0.4, 0.5) is 0 Å². The first kappa shape index (κ1) is 17.5. The summed E-state index contributed by atoms with van der Waals surface area (Å²) in [5, 5.41) is 2.64. The van der Waals surface area contributed by atoms with Gasteiger partial charge < -0.3 is 10.6 Å². The molecule has 2 aromatic carbocycles. The Balaban J connectivity index is 1.37. The van der Waals surface area contributed by atoms with E-state index >= 15 is 0 Å². The van der Waals surface area contributed by atoms with Crippen molar-refractivity contribution in [1.29, 1.82) is 0 Å². The Kier molecular flexibility index (Phi) is 5.23. The molecule has 2 atom stereocenters. The van der Waals surface area contributed by atoms with Crippen LogP contribution in [0.5, 0.6) is 0 Å². The smallest absolute Gasteiger partial charge is 0.226 e. The fourth-order valence-electron chi connectivity index (χ4n) is 4.68. The highest BCUT2D eigenvalue weighted by atomic mass is 16.2. The van der Waals surface area contributed by atoms with Crippen molar-refractivity contribution in [3.63, 3.8) is 0 Å². The van der Waals surface area contributed by atoms with E-state index in [-0.39, 0.29) is 5.92 Å². The molecule has 1 saturated heterocycles. The Morgan fingerprint density at radius 1 is 1.00 bits per heavy atom. The maximum absolute atomic E-state index is 12.9. The molecule has 26 heavy (non-hydrogen) atoms. The van der Waals surface area contributed by atoms with Gasteiger partial charge in [0.2, 0.25) is 5.91 Å². The van der Waals surface area contributed by atoms with E-state index in [2.05, 4.69) is 52.3 Å². The molecule has 1 aliphatic heterocycles. The van der Waals surface area contributed by atoms with Gasteiger partial charge in [-0.1, -0.05) is 48.9 Å². The summed E-state index contributed by atoms with van der Waals surface area (Å²) in [4.78, 5) is 17.4. The van der Waals surface area contributed by atoms with Crippen LogP contribution < -0.4 is 5.73 Å². The predicted molar refractivity (Wildman–Crippen MR) is 106 cm³/mol. The van der Waals surface area contributed by atoms with E-state index < -0.39 is 0 Å². The Hall–Kier alpha value is -1.91. The van der Waals surface area contributed by atoms with Gasteiger partial charge >= 0.3 is 0 Å². The standard InChI is InChI=1S/C22H29N3O/c23-15-18-7-4-10-21(18)22(26)25-13-11-24(12-14-25)16-19-8-3-6-17-5-1-2-9-20(17)19/h1-3,5-6,8-9,18,21H,4,7,10-16,23H2/t18-,21-/m1/s1. The molecular weight excluding hydrogens is 322 g/mol. The van der Waals surface area contributed by atoms with Crippen molar-refractivity contribution in [3.05, 3.63) is 48.0 Å². The molecule has 0 radical (unpaired) electrons. The third-order valence-corrected chi connectivity index (χ3v) is 6.24. The monoisotopic (exact) mass is 351 g/mol. The van der Waals surface area contributed by atoms with Gasteiger partial charge in [0.05, 0.1) is 0 Å². The van der Waals surface area contributed by atoms with Gasteiger partial charge in [0, 0.05) is 38.6 Å². The normalized spacial score (nSPS) is 24.3. The molecule has 4 rings (SSSR count). The van der Waals surface area contributed by atoms with Crippen molar-refractivity contribution >= 4 is 16.7 Å². The van der Waals surface area contributed by atoms with Crippen molar-refractivity contribution in [2.45, 2.75) is 25.8 Å². The average molecular weight is 351 g/mol. The summed E-state index contributed by atoms with van der Waals surface area (Å²) in [6.45, 7) is 5.20. The number of nitrogens with zero attached hydrogens (tertiary/aromatic N) is 2. The van der Waals surface area contributed by atoms with Crippen molar-refractivity contribution in [2.75, 3.05) is 32.7 Å². The van der Waals surface area contributed by atoms with E-state index in [0.29, 0.717) is 18.4 Å². The predicted octanol–water partition coefficient (Wildman–Crippen LogP) is 2.86. The van der Waals surface area contributed by atoms with E-state index in [9.17, 15) is 4.79 Å². The number of rotatable bonds is 4. The number of piperazine rings is 1. The Morgan fingerprint density at radius 3 is 2.58 bits per heavy atom. The van der Waals surface area contributed by atoms with Gasteiger partial charge in [-0.25, -0.2) is 0 Å². The highest BCUT2D eigenvalue weighted by molar-refractivity contribution is 5.85. The van der Waals surface area contributed by atoms with Gasteiger partial charge in [0.25, 0.3) is 0 Å². The number of hydrogen-bond acceptors (Lipinski definition) is 3. The minimum Gasteiger partial charge on any atom is -0.340 e. The Morgan fingerprint density at radius 2 is 1.77 bits per heavy atom. The van der Waals surface area contributed by atoms with Crippen LogP contribution in [0.2, 0.25) is 0 Å². The zero-order valence-electron chi connectivity index (χ0n) is 15.4. The van der Waals surface area contributed by atoms with E-state index in [1.807, 2.05) is 0 Å². The highest BCUT2D eigenvalue weighted by Gasteiger charge is 2.35. The summed E-state index contributed by atoms with van der Waals surface area (Å²) in [6.07, 6.45) is 3.30. The minimum atomic E-state index is 0.171. The first-order chi connectivity index (χ1) is 12.8. The topological polar surface area (TPSA) is 49.6 Å². The molecule has 2 aromatic rings. The number of benzene rings is 2. The van der Waals surface area contributed by atoms with Gasteiger partial charge in [-0.15, -0.1) is 0 Å². The second kappa shape index (κ2) is 7.77. The number of amides is 1. The summed E-state index contributed by atoms with van der Waals surface area (Å²) < 4.78 is 0. The van der Waals surface area contributed by atoms with Gasteiger partial charge in [-0.2, -0.15) is 0 Å². The van der Waals surface area contributed by atoms with Crippen molar-refractivity contribution in [3.8, 4) is 0 Å². The summed E-state index contributed by atoms with van der Waals surface area (Å²) in [5.41, 5.74) is 7.24. The molecular formula is C22H29N3O. The molecule has 0 unspecified atom stereocenters.